The second-order valence-electron chi connectivity index (χ2n) is 8.65. The number of benzene rings is 2. The first-order valence-corrected chi connectivity index (χ1v) is 11.0. The van der Waals surface area contributed by atoms with Crippen molar-refractivity contribution in [3.05, 3.63) is 71.3 Å². The minimum atomic E-state index is 0.0410. The molecule has 0 bridgehead atoms. The molecular weight excluding hydrogens is 358 g/mol. The van der Waals surface area contributed by atoms with Crippen LogP contribution in [0.15, 0.2) is 54.6 Å². The lowest BCUT2D eigenvalue weighted by Crippen LogP contribution is -2.40. The number of likely N-dealkylation sites (tertiary alicyclic amines) is 1. The molecule has 3 nitrogen and oxygen atoms in total. The van der Waals surface area contributed by atoms with Crippen LogP contribution < -0.4 is 0 Å². The molecule has 3 rings (SSSR count). The standard InChI is InChI=1S/C26H33NO2/c1-20(2)19-22-11-13-23(14-12-22)26(29)24-15-17-27(18-16-24)25(28)10-6-9-21-7-4-3-5-8-21/h3-5,7-8,11-14,20,24H,6,9-10,15-19H2,1-2H3. The van der Waals surface area contributed by atoms with E-state index in [0.29, 0.717) is 25.4 Å². The van der Waals surface area contributed by atoms with Crippen LogP contribution in [0.4, 0.5) is 0 Å². The third kappa shape index (κ3) is 6.28. The minimum absolute atomic E-state index is 0.0410. The molecule has 0 unspecified atom stereocenters. The number of nitrogens with zero attached hydrogens (tertiary/aromatic N) is 1. The quantitative estimate of drug-likeness (QED) is 0.570. The molecule has 1 fully saturated rings. The van der Waals surface area contributed by atoms with Crippen LogP contribution in [-0.2, 0) is 17.6 Å². The molecule has 154 valence electrons. The lowest BCUT2D eigenvalue weighted by molar-refractivity contribution is -0.132. The van der Waals surface area contributed by atoms with E-state index in [4.69, 9.17) is 0 Å². The molecule has 0 aliphatic carbocycles. The lowest BCUT2D eigenvalue weighted by atomic mass is 9.88. The summed E-state index contributed by atoms with van der Waals surface area (Å²) >= 11 is 0. The van der Waals surface area contributed by atoms with Crippen molar-refractivity contribution < 1.29 is 9.59 Å². The van der Waals surface area contributed by atoms with Gasteiger partial charge in [0.2, 0.25) is 5.91 Å². The fourth-order valence-electron chi connectivity index (χ4n) is 4.15. The highest BCUT2D eigenvalue weighted by atomic mass is 16.2. The molecule has 0 radical (unpaired) electrons. The Bertz CT molecular complexity index is 787. The van der Waals surface area contributed by atoms with Gasteiger partial charge in [0.15, 0.2) is 5.78 Å². The molecule has 1 aliphatic rings. The summed E-state index contributed by atoms with van der Waals surface area (Å²) in [6.45, 7) is 5.81. The van der Waals surface area contributed by atoms with E-state index in [-0.39, 0.29) is 17.6 Å². The van der Waals surface area contributed by atoms with Crippen molar-refractivity contribution in [3.8, 4) is 0 Å². The second kappa shape index (κ2) is 10.4. The smallest absolute Gasteiger partial charge is 0.222 e. The Kier molecular flexibility index (Phi) is 7.62. The van der Waals surface area contributed by atoms with Gasteiger partial charge in [-0.2, -0.15) is 0 Å². The Labute approximate surface area is 175 Å². The Morgan fingerprint density at radius 1 is 0.931 bits per heavy atom. The number of ketones is 1. The van der Waals surface area contributed by atoms with Crippen LogP contribution in [-0.4, -0.2) is 29.7 Å². The van der Waals surface area contributed by atoms with Gasteiger partial charge in [-0.25, -0.2) is 0 Å². The molecule has 0 atom stereocenters. The normalized spacial score (nSPS) is 14.9. The molecule has 2 aromatic rings. The molecule has 0 saturated carbocycles. The summed E-state index contributed by atoms with van der Waals surface area (Å²) in [5.74, 6) is 1.12. The monoisotopic (exact) mass is 391 g/mol. The van der Waals surface area contributed by atoms with Gasteiger partial charge in [-0.05, 0) is 49.1 Å². The number of carbonyl (C=O) groups excluding carboxylic acids is 2. The fourth-order valence-corrected chi connectivity index (χ4v) is 4.15. The van der Waals surface area contributed by atoms with Crippen molar-refractivity contribution in [1.82, 2.24) is 4.90 Å². The molecular formula is C26H33NO2. The van der Waals surface area contributed by atoms with Gasteiger partial charge in [0.25, 0.3) is 0 Å². The van der Waals surface area contributed by atoms with Crippen molar-refractivity contribution in [2.45, 2.75) is 52.4 Å². The van der Waals surface area contributed by atoms with Gasteiger partial charge in [0.05, 0.1) is 0 Å². The zero-order valence-corrected chi connectivity index (χ0v) is 17.8. The van der Waals surface area contributed by atoms with Crippen LogP contribution in [0.1, 0.15) is 61.0 Å². The highest BCUT2D eigenvalue weighted by molar-refractivity contribution is 5.98. The Morgan fingerprint density at radius 2 is 1.59 bits per heavy atom. The van der Waals surface area contributed by atoms with Crippen LogP contribution in [0.5, 0.6) is 0 Å². The Hall–Kier alpha value is -2.42. The molecule has 0 spiro atoms. The van der Waals surface area contributed by atoms with Crippen LogP contribution in [0.2, 0.25) is 0 Å². The first-order chi connectivity index (χ1) is 14.0. The highest BCUT2D eigenvalue weighted by Gasteiger charge is 2.27. The summed E-state index contributed by atoms with van der Waals surface area (Å²) in [5.41, 5.74) is 3.38. The minimum Gasteiger partial charge on any atom is -0.343 e. The van der Waals surface area contributed by atoms with E-state index in [9.17, 15) is 9.59 Å². The molecule has 1 saturated heterocycles. The number of hydrogen-bond acceptors (Lipinski definition) is 2. The zero-order valence-electron chi connectivity index (χ0n) is 17.8. The van der Waals surface area contributed by atoms with E-state index in [1.165, 1.54) is 11.1 Å². The van der Waals surface area contributed by atoms with Crippen LogP contribution in [0, 0.1) is 11.8 Å². The predicted octanol–water partition coefficient (Wildman–Crippen LogP) is 5.33. The van der Waals surface area contributed by atoms with E-state index < -0.39 is 0 Å². The predicted molar refractivity (Wildman–Crippen MR) is 118 cm³/mol. The molecule has 0 aromatic heterocycles. The highest BCUT2D eigenvalue weighted by Crippen LogP contribution is 2.23. The summed E-state index contributed by atoms with van der Waals surface area (Å²) in [6.07, 6.45) is 5.00. The maximum Gasteiger partial charge on any atom is 0.222 e. The van der Waals surface area contributed by atoms with Crippen molar-refractivity contribution in [3.63, 3.8) is 0 Å². The summed E-state index contributed by atoms with van der Waals surface area (Å²) in [5, 5.41) is 0. The van der Waals surface area contributed by atoms with Gasteiger partial charge in [0.1, 0.15) is 0 Å². The average molecular weight is 392 g/mol. The van der Waals surface area contributed by atoms with Crippen LogP contribution in [0.3, 0.4) is 0 Å². The van der Waals surface area contributed by atoms with Gasteiger partial charge < -0.3 is 4.90 Å². The fraction of sp³-hybridized carbons (Fsp3) is 0.462. The van der Waals surface area contributed by atoms with Gasteiger partial charge >= 0.3 is 0 Å². The van der Waals surface area contributed by atoms with Gasteiger partial charge in [-0.1, -0.05) is 68.4 Å². The first-order valence-electron chi connectivity index (χ1n) is 11.0. The number of rotatable bonds is 8. The summed E-state index contributed by atoms with van der Waals surface area (Å²) < 4.78 is 0. The van der Waals surface area contributed by atoms with E-state index in [2.05, 4.69) is 38.1 Å². The average Bonchev–Trinajstić information content (AvgIpc) is 2.74. The van der Waals surface area contributed by atoms with E-state index >= 15 is 0 Å². The molecule has 0 N–H and O–H groups in total. The van der Waals surface area contributed by atoms with Crippen molar-refractivity contribution in [2.24, 2.45) is 11.8 Å². The summed E-state index contributed by atoms with van der Waals surface area (Å²) in [7, 11) is 0. The van der Waals surface area contributed by atoms with E-state index in [0.717, 1.165) is 37.7 Å². The van der Waals surface area contributed by atoms with Crippen LogP contribution >= 0.6 is 0 Å². The molecule has 2 aromatic carbocycles. The molecule has 1 heterocycles. The number of piperidine rings is 1. The molecule has 1 aliphatic heterocycles. The molecule has 1 amide bonds. The number of amides is 1. The summed E-state index contributed by atoms with van der Waals surface area (Å²) in [4.78, 5) is 27.3. The third-order valence-electron chi connectivity index (χ3n) is 5.80. The maximum atomic E-state index is 12.8. The van der Waals surface area contributed by atoms with Gasteiger partial charge in [-0.3, -0.25) is 9.59 Å². The third-order valence-corrected chi connectivity index (χ3v) is 5.80. The SMILES string of the molecule is CC(C)Cc1ccc(C(=O)C2CCN(C(=O)CCCc3ccccc3)CC2)cc1. The van der Waals surface area contributed by atoms with Crippen molar-refractivity contribution >= 4 is 11.7 Å². The Balaban J connectivity index is 1.43. The Morgan fingerprint density at radius 3 is 2.21 bits per heavy atom. The number of hydrogen-bond donors (Lipinski definition) is 0. The van der Waals surface area contributed by atoms with Gasteiger partial charge in [-0.15, -0.1) is 0 Å². The van der Waals surface area contributed by atoms with Crippen molar-refractivity contribution in [1.29, 1.82) is 0 Å². The van der Waals surface area contributed by atoms with Crippen LogP contribution in [0.25, 0.3) is 0 Å². The lowest BCUT2D eigenvalue weighted by Gasteiger charge is -2.31. The largest absolute Gasteiger partial charge is 0.343 e. The van der Waals surface area contributed by atoms with Gasteiger partial charge in [0, 0.05) is 31.0 Å². The maximum absolute atomic E-state index is 12.8. The molecule has 29 heavy (non-hydrogen) atoms. The zero-order chi connectivity index (χ0) is 20.6. The van der Waals surface area contributed by atoms with E-state index in [1.807, 2.05) is 35.2 Å². The second-order valence-corrected chi connectivity index (χ2v) is 8.65. The van der Waals surface area contributed by atoms with E-state index in [1.54, 1.807) is 0 Å². The summed E-state index contributed by atoms with van der Waals surface area (Å²) in [6, 6.07) is 18.4. The first kappa shape index (κ1) is 21.3. The van der Waals surface area contributed by atoms with Crippen molar-refractivity contribution in [2.75, 3.05) is 13.1 Å². The number of carbonyl (C=O) groups is 2. The number of aryl methyl sites for hydroxylation is 1. The molecule has 3 heteroatoms. The number of Topliss-reactive ketones (excluding diaryl/α,β-unsaturated/α-hetero) is 1. The topological polar surface area (TPSA) is 37.4 Å².